The summed E-state index contributed by atoms with van der Waals surface area (Å²) in [5, 5.41) is 6.52. The van der Waals surface area contributed by atoms with Gasteiger partial charge in [-0.2, -0.15) is 0 Å². The number of pyridine rings is 2. The molecule has 63 heavy (non-hydrogen) atoms. The highest BCUT2D eigenvalue weighted by molar-refractivity contribution is 6.09. The van der Waals surface area contributed by atoms with E-state index in [1.54, 1.807) is 12.4 Å². The molecule has 0 fully saturated rings. The molecule has 8 aromatic carbocycles. The summed E-state index contributed by atoms with van der Waals surface area (Å²) < 4.78 is 18.5. The van der Waals surface area contributed by atoms with Crippen LogP contribution in [0.1, 0.15) is 0 Å². The lowest BCUT2D eigenvalue weighted by Crippen LogP contribution is -1.84. The number of aromatic nitrogens is 2. The smallest absolute Gasteiger partial charge is 0.153 e. The van der Waals surface area contributed by atoms with Crippen molar-refractivity contribution in [1.82, 2.24) is 9.97 Å². The van der Waals surface area contributed by atoms with Crippen molar-refractivity contribution in [1.29, 1.82) is 0 Å². The Morgan fingerprint density at radius 1 is 0.222 bits per heavy atom. The summed E-state index contributed by atoms with van der Waals surface area (Å²) in [6.45, 7) is 0. The van der Waals surface area contributed by atoms with Gasteiger partial charge in [0.25, 0.3) is 0 Å². The van der Waals surface area contributed by atoms with Crippen molar-refractivity contribution in [3.63, 3.8) is 0 Å². The molecule has 5 heteroatoms. The Morgan fingerprint density at radius 2 is 0.476 bits per heavy atom. The first-order chi connectivity index (χ1) is 31.1. The van der Waals surface area contributed by atoms with E-state index >= 15 is 0 Å². The zero-order valence-electron chi connectivity index (χ0n) is 33.7. The molecule has 0 aliphatic rings. The van der Waals surface area contributed by atoms with Crippen molar-refractivity contribution in [2.24, 2.45) is 0 Å². The first-order valence-corrected chi connectivity index (χ1v) is 21.1. The molecule has 0 atom stereocenters. The zero-order valence-corrected chi connectivity index (χ0v) is 33.7. The number of nitrogens with zero attached hydrogens (tertiary/aromatic N) is 2. The van der Waals surface area contributed by atoms with Crippen molar-refractivity contribution in [2.75, 3.05) is 0 Å². The third-order valence-corrected chi connectivity index (χ3v) is 12.5. The van der Waals surface area contributed by atoms with E-state index in [0.717, 1.165) is 133 Å². The van der Waals surface area contributed by atoms with Gasteiger partial charge in [0.15, 0.2) is 11.2 Å². The minimum absolute atomic E-state index is 0.800. The Labute approximate surface area is 361 Å². The lowest BCUT2D eigenvalue weighted by atomic mass is 9.94. The molecule has 0 radical (unpaired) electrons. The third-order valence-electron chi connectivity index (χ3n) is 12.5. The van der Waals surface area contributed by atoms with Crippen LogP contribution in [0.5, 0.6) is 0 Å². The van der Waals surface area contributed by atoms with Crippen LogP contribution >= 0.6 is 0 Å². The summed E-state index contributed by atoms with van der Waals surface area (Å²) in [6.07, 6.45) is 7.18. The molecule has 0 saturated carbocycles. The van der Waals surface area contributed by atoms with Gasteiger partial charge in [0.2, 0.25) is 0 Å². The number of hydrogen-bond acceptors (Lipinski definition) is 5. The van der Waals surface area contributed by atoms with Crippen LogP contribution in [0.15, 0.2) is 220 Å². The highest BCUT2D eigenvalue weighted by Gasteiger charge is 2.14. The van der Waals surface area contributed by atoms with E-state index in [4.69, 9.17) is 13.3 Å². The summed E-state index contributed by atoms with van der Waals surface area (Å²) in [7, 11) is 0. The van der Waals surface area contributed by atoms with E-state index in [9.17, 15) is 0 Å². The van der Waals surface area contributed by atoms with Crippen molar-refractivity contribution in [3.8, 4) is 66.8 Å². The van der Waals surface area contributed by atoms with E-state index in [1.807, 2.05) is 24.5 Å². The molecule has 13 aromatic rings. The lowest BCUT2D eigenvalue weighted by Gasteiger charge is -2.09. The molecule has 0 unspecified atom stereocenters. The zero-order chi connectivity index (χ0) is 41.4. The van der Waals surface area contributed by atoms with Crippen LogP contribution in [-0.2, 0) is 0 Å². The van der Waals surface area contributed by atoms with Gasteiger partial charge in [-0.1, -0.05) is 97.1 Å². The molecular formula is C58H34N2O3. The van der Waals surface area contributed by atoms with Gasteiger partial charge < -0.3 is 13.3 Å². The normalized spacial score (nSPS) is 11.8. The molecule has 294 valence electrons. The quantitative estimate of drug-likeness (QED) is 0.167. The van der Waals surface area contributed by atoms with E-state index in [2.05, 4.69) is 180 Å². The largest absolute Gasteiger partial charge is 0.456 e. The summed E-state index contributed by atoms with van der Waals surface area (Å²) >= 11 is 0. The summed E-state index contributed by atoms with van der Waals surface area (Å²) in [5.74, 6) is 0. The van der Waals surface area contributed by atoms with Gasteiger partial charge in [-0.05, 0) is 152 Å². The first-order valence-electron chi connectivity index (χ1n) is 21.1. The Balaban J connectivity index is 0.813. The molecule has 5 heterocycles. The Bertz CT molecular complexity index is 3690. The fraction of sp³-hybridized carbons (Fsp3) is 0. The second-order valence-corrected chi connectivity index (χ2v) is 16.2. The van der Waals surface area contributed by atoms with Crippen LogP contribution in [0, 0.1) is 0 Å². The highest BCUT2D eigenvalue weighted by atomic mass is 16.3. The van der Waals surface area contributed by atoms with Gasteiger partial charge in [-0.3, -0.25) is 9.97 Å². The van der Waals surface area contributed by atoms with Crippen LogP contribution < -0.4 is 0 Å². The molecule has 13 rings (SSSR count). The monoisotopic (exact) mass is 806 g/mol. The molecule has 0 amide bonds. The molecule has 0 aliphatic carbocycles. The summed E-state index contributed by atoms with van der Waals surface area (Å²) in [6, 6.07) is 65.0. The maximum absolute atomic E-state index is 6.40. The van der Waals surface area contributed by atoms with Crippen LogP contribution in [0.25, 0.3) is 133 Å². The van der Waals surface area contributed by atoms with Gasteiger partial charge in [-0.25, -0.2) is 0 Å². The predicted octanol–water partition coefficient (Wildman–Crippen LogP) is 16.2. The number of furan rings is 3. The standard InChI is InChI=1S/C58H34N2O3/c1-5-35(25-39(9-1)43-13-17-53-49(29-43)47-21-23-59-33-57(47)62-53)37-7-3-11-41(27-37)45-15-19-55-51(31-45)52-32-46(16-20-56(52)61-55)42-12-4-8-38(28-42)36-6-2-10-40(26-36)44-14-18-54-50(30-44)48-22-24-60-34-58(48)63-54/h1-34H. The molecular weight excluding hydrogens is 773 g/mol. The Hall–Kier alpha value is -8.54. The second-order valence-electron chi connectivity index (χ2n) is 16.2. The Morgan fingerprint density at radius 3 is 0.778 bits per heavy atom. The van der Waals surface area contributed by atoms with Gasteiger partial charge in [0.1, 0.15) is 22.3 Å². The average Bonchev–Trinajstić information content (AvgIpc) is 4.04. The number of fused-ring (bicyclic) bond motifs is 9. The van der Waals surface area contributed by atoms with Gasteiger partial charge in [0.05, 0.1) is 12.4 Å². The van der Waals surface area contributed by atoms with Crippen molar-refractivity contribution in [2.45, 2.75) is 0 Å². The average molecular weight is 807 g/mol. The van der Waals surface area contributed by atoms with E-state index < -0.39 is 0 Å². The first kappa shape index (κ1) is 35.2. The molecule has 0 saturated heterocycles. The molecule has 0 bridgehead atoms. The van der Waals surface area contributed by atoms with Gasteiger partial charge >= 0.3 is 0 Å². The SMILES string of the molecule is c1cc(-c2cccc(-c3ccc4oc5ccc(-c6cccc(-c7cccc(-c8ccc9oc%10cnccc%10c9c8)c7)c6)cc5c4c3)c2)cc(-c2ccc3oc4cnccc4c3c2)c1. The van der Waals surface area contributed by atoms with Crippen molar-refractivity contribution < 1.29 is 13.3 Å². The predicted molar refractivity (Wildman–Crippen MR) is 256 cm³/mol. The fourth-order valence-electron chi connectivity index (χ4n) is 9.27. The lowest BCUT2D eigenvalue weighted by molar-refractivity contribution is 0.666. The molecule has 0 aliphatic heterocycles. The van der Waals surface area contributed by atoms with E-state index in [-0.39, 0.29) is 0 Å². The maximum atomic E-state index is 6.40. The minimum atomic E-state index is 0.800. The van der Waals surface area contributed by atoms with Gasteiger partial charge in [-0.15, -0.1) is 0 Å². The maximum Gasteiger partial charge on any atom is 0.153 e. The molecule has 0 spiro atoms. The van der Waals surface area contributed by atoms with Gasteiger partial charge in [0, 0.05) is 44.7 Å². The second kappa shape index (κ2) is 14.0. The van der Waals surface area contributed by atoms with Crippen molar-refractivity contribution in [3.05, 3.63) is 207 Å². The van der Waals surface area contributed by atoms with Crippen LogP contribution in [0.3, 0.4) is 0 Å². The summed E-state index contributed by atoms with van der Waals surface area (Å²) in [5.41, 5.74) is 18.9. The topological polar surface area (TPSA) is 65.2 Å². The summed E-state index contributed by atoms with van der Waals surface area (Å²) in [4.78, 5) is 8.46. The minimum Gasteiger partial charge on any atom is -0.456 e. The van der Waals surface area contributed by atoms with E-state index in [0.29, 0.717) is 0 Å². The number of rotatable bonds is 6. The van der Waals surface area contributed by atoms with Crippen molar-refractivity contribution >= 4 is 65.8 Å². The van der Waals surface area contributed by atoms with Crippen LogP contribution in [-0.4, -0.2) is 9.97 Å². The van der Waals surface area contributed by atoms with Crippen LogP contribution in [0.4, 0.5) is 0 Å². The van der Waals surface area contributed by atoms with Crippen LogP contribution in [0.2, 0.25) is 0 Å². The molecule has 5 aromatic heterocycles. The fourth-order valence-corrected chi connectivity index (χ4v) is 9.27. The third kappa shape index (κ3) is 6.01. The number of benzene rings is 8. The Kier molecular flexibility index (Phi) is 7.84. The molecule has 0 N–H and O–H groups in total. The highest BCUT2D eigenvalue weighted by Crippen LogP contribution is 2.39. The van der Waals surface area contributed by atoms with E-state index in [1.165, 1.54) is 0 Å². The molecule has 5 nitrogen and oxygen atoms in total. The number of hydrogen-bond donors (Lipinski definition) is 0.